The highest BCUT2D eigenvalue weighted by Crippen LogP contribution is 2.25. The number of aromatic nitrogens is 2. The van der Waals surface area contributed by atoms with Crippen LogP contribution in [0.1, 0.15) is 22.3 Å². The van der Waals surface area contributed by atoms with Gasteiger partial charge in [0.15, 0.2) is 0 Å². The minimum absolute atomic E-state index is 0.110. The molecular formula is C22H26N4O2. The number of nitrogens with one attached hydrogen (secondary N) is 2. The van der Waals surface area contributed by atoms with Crippen molar-refractivity contribution in [2.45, 2.75) is 13.0 Å². The van der Waals surface area contributed by atoms with Crippen molar-refractivity contribution in [2.75, 3.05) is 27.2 Å². The van der Waals surface area contributed by atoms with Gasteiger partial charge in [0.05, 0.1) is 19.2 Å². The summed E-state index contributed by atoms with van der Waals surface area (Å²) in [6, 6.07) is 17.7. The van der Waals surface area contributed by atoms with Crippen LogP contribution >= 0.6 is 0 Å². The average Bonchev–Trinajstić information content (AvgIpc) is 3.16. The van der Waals surface area contributed by atoms with Crippen LogP contribution in [0.2, 0.25) is 0 Å². The van der Waals surface area contributed by atoms with Crippen molar-refractivity contribution in [3.8, 4) is 17.0 Å². The molecule has 1 heterocycles. The zero-order valence-corrected chi connectivity index (χ0v) is 16.3. The van der Waals surface area contributed by atoms with Gasteiger partial charge in [-0.15, -0.1) is 0 Å². The molecule has 6 heteroatoms. The Kier molecular flexibility index (Phi) is 6.81. The summed E-state index contributed by atoms with van der Waals surface area (Å²) in [5.74, 6) is 0.659. The second-order valence-electron chi connectivity index (χ2n) is 6.52. The zero-order valence-electron chi connectivity index (χ0n) is 16.3. The second-order valence-corrected chi connectivity index (χ2v) is 6.52. The van der Waals surface area contributed by atoms with E-state index in [-0.39, 0.29) is 5.91 Å². The van der Waals surface area contributed by atoms with Gasteiger partial charge in [-0.3, -0.25) is 9.48 Å². The predicted molar refractivity (Wildman–Crippen MR) is 111 cm³/mol. The Morgan fingerprint density at radius 2 is 1.82 bits per heavy atom. The van der Waals surface area contributed by atoms with Crippen molar-refractivity contribution in [1.82, 2.24) is 20.4 Å². The van der Waals surface area contributed by atoms with E-state index < -0.39 is 0 Å². The number of amides is 1. The molecule has 0 fully saturated rings. The molecule has 1 amide bonds. The normalized spacial score (nSPS) is 10.6. The summed E-state index contributed by atoms with van der Waals surface area (Å²) in [7, 11) is 3.53. The number of ether oxygens (including phenoxy) is 1. The van der Waals surface area contributed by atoms with E-state index in [9.17, 15) is 4.79 Å². The number of hydrogen-bond acceptors (Lipinski definition) is 4. The third-order valence-corrected chi connectivity index (χ3v) is 4.45. The van der Waals surface area contributed by atoms with Gasteiger partial charge in [-0.1, -0.05) is 30.3 Å². The van der Waals surface area contributed by atoms with Crippen LogP contribution in [0.3, 0.4) is 0 Å². The molecule has 6 nitrogen and oxygen atoms in total. The molecule has 28 heavy (non-hydrogen) atoms. The first-order valence-electron chi connectivity index (χ1n) is 9.40. The van der Waals surface area contributed by atoms with Crippen molar-refractivity contribution in [3.63, 3.8) is 0 Å². The first-order chi connectivity index (χ1) is 13.7. The van der Waals surface area contributed by atoms with Gasteiger partial charge in [-0.2, -0.15) is 5.10 Å². The molecule has 0 saturated heterocycles. The third-order valence-electron chi connectivity index (χ3n) is 4.45. The maximum Gasteiger partial charge on any atom is 0.255 e. The minimum atomic E-state index is -0.110. The Bertz CT molecular complexity index is 889. The molecule has 0 radical (unpaired) electrons. The Balaban J connectivity index is 1.87. The van der Waals surface area contributed by atoms with Gasteiger partial charge < -0.3 is 15.4 Å². The fourth-order valence-corrected chi connectivity index (χ4v) is 2.96. The molecule has 3 aromatic rings. The van der Waals surface area contributed by atoms with Gasteiger partial charge in [0.25, 0.3) is 5.91 Å². The summed E-state index contributed by atoms with van der Waals surface area (Å²) < 4.78 is 7.05. The van der Waals surface area contributed by atoms with Gasteiger partial charge >= 0.3 is 0 Å². The molecule has 2 N–H and O–H groups in total. The van der Waals surface area contributed by atoms with Crippen LogP contribution in [0.25, 0.3) is 11.3 Å². The van der Waals surface area contributed by atoms with E-state index in [2.05, 4.69) is 10.6 Å². The number of hydrogen-bond donors (Lipinski definition) is 2. The number of carbonyl (C=O) groups is 1. The van der Waals surface area contributed by atoms with Crippen LogP contribution in [0.4, 0.5) is 0 Å². The molecule has 0 unspecified atom stereocenters. The third kappa shape index (κ3) is 4.98. The molecule has 0 aliphatic heterocycles. The Labute approximate surface area is 165 Å². The summed E-state index contributed by atoms with van der Waals surface area (Å²) >= 11 is 0. The number of methoxy groups -OCH3 is 1. The molecule has 1 aromatic heterocycles. The average molecular weight is 378 g/mol. The zero-order chi connectivity index (χ0) is 19.8. The maximum absolute atomic E-state index is 12.8. The molecule has 146 valence electrons. The highest BCUT2D eigenvalue weighted by Gasteiger charge is 2.18. The molecule has 0 aliphatic rings. The quantitative estimate of drug-likeness (QED) is 0.562. The first-order valence-corrected chi connectivity index (χ1v) is 9.40. The van der Waals surface area contributed by atoms with Crippen molar-refractivity contribution < 1.29 is 9.53 Å². The SMILES string of the molecule is CNCCCNC(=O)c1cn(Cc2ccccc2)nc1-c1ccc(OC)cc1. The largest absolute Gasteiger partial charge is 0.497 e. The highest BCUT2D eigenvalue weighted by atomic mass is 16.5. The van der Waals surface area contributed by atoms with E-state index in [4.69, 9.17) is 9.84 Å². The Morgan fingerprint density at radius 1 is 1.07 bits per heavy atom. The van der Waals surface area contributed by atoms with Crippen LogP contribution < -0.4 is 15.4 Å². The first kappa shape index (κ1) is 19.6. The van der Waals surface area contributed by atoms with Crippen molar-refractivity contribution in [2.24, 2.45) is 0 Å². The number of carbonyl (C=O) groups excluding carboxylic acids is 1. The molecule has 0 saturated carbocycles. The van der Waals surface area contributed by atoms with Gasteiger partial charge in [0, 0.05) is 18.3 Å². The van der Waals surface area contributed by atoms with E-state index in [0.29, 0.717) is 24.3 Å². The van der Waals surface area contributed by atoms with Gasteiger partial charge in [-0.05, 0) is 49.8 Å². The van der Waals surface area contributed by atoms with Crippen LogP contribution in [0.15, 0.2) is 60.8 Å². The standard InChI is InChI=1S/C22H26N4O2/c1-23-13-6-14-24-22(27)20-16-26(15-17-7-4-3-5-8-17)25-21(20)18-9-11-19(28-2)12-10-18/h3-5,7-12,16,23H,6,13-15H2,1-2H3,(H,24,27). The van der Waals surface area contributed by atoms with E-state index in [0.717, 1.165) is 29.8 Å². The van der Waals surface area contributed by atoms with E-state index in [1.165, 1.54) is 0 Å². The summed E-state index contributed by atoms with van der Waals surface area (Å²) in [6.07, 6.45) is 2.69. The minimum Gasteiger partial charge on any atom is -0.497 e. The van der Waals surface area contributed by atoms with Crippen LogP contribution in [-0.2, 0) is 6.54 Å². The molecule has 0 aliphatic carbocycles. The van der Waals surface area contributed by atoms with Gasteiger partial charge in [0.1, 0.15) is 11.4 Å². The summed E-state index contributed by atoms with van der Waals surface area (Å²) in [6.45, 7) is 2.08. The van der Waals surface area contributed by atoms with Crippen LogP contribution in [-0.4, -0.2) is 42.9 Å². The number of rotatable bonds is 9. The molecule has 0 atom stereocenters. The molecule has 0 spiro atoms. The molecule has 0 bridgehead atoms. The van der Waals surface area contributed by atoms with Crippen molar-refractivity contribution in [3.05, 3.63) is 71.9 Å². The molecule has 2 aromatic carbocycles. The monoisotopic (exact) mass is 378 g/mol. The highest BCUT2D eigenvalue weighted by molar-refractivity contribution is 5.99. The fraction of sp³-hybridized carbons (Fsp3) is 0.273. The lowest BCUT2D eigenvalue weighted by atomic mass is 10.1. The van der Waals surface area contributed by atoms with E-state index in [1.54, 1.807) is 7.11 Å². The van der Waals surface area contributed by atoms with Crippen molar-refractivity contribution >= 4 is 5.91 Å². The lowest BCUT2D eigenvalue weighted by Gasteiger charge is -2.06. The van der Waals surface area contributed by atoms with E-state index >= 15 is 0 Å². The fourth-order valence-electron chi connectivity index (χ4n) is 2.96. The molecule has 3 rings (SSSR count). The number of benzene rings is 2. The summed E-state index contributed by atoms with van der Waals surface area (Å²) in [5.41, 5.74) is 3.26. The summed E-state index contributed by atoms with van der Waals surface area (Å²) in [5, 5.41) is 10.8. The topological polar surface area (TPSA) is 68.2 Å². The predicted octanol–water partition coefficient (Wildman–Crippen LogP) is 2.95. The number of nitrogens with zero attached hydrogens (tertiary/aromatic N) is 2. The smallest absolute Gasteiger partial charge is 0.255 e. The summed E-state index contributed by atoms with van der Waals surface area (Å²) in [4.78, 5) is 12.8. The Morgan fingerprint density at radius 3 is 2.50 bits per heavy atom. The van der Waals surface area contributed by atoms with Crippen LogP contribution in [0.5, 0.6) is 5.75 Å². The van der Waals surface area contributed by atoms with Crippen LogP contribution in [0, 0.1) is 0 Å². The van der Waals surface area contributed by atoms with Gasteiger partial charge in [-0.25, -0.2) is 0 Å². The lowest BCUT2D eigenvalue weighted by molar-refractivity contribution is 0.0954. The maximum atomic E-state index is 12.8. The van der Waals surface area contributed by atoms with Gasteiger partial charge in [0.2, 0.25) is 0 Å². The lowest BCUT2D eigenvalue weighted by Crippen LogP contribution is -2.26. The Hall–Kier alpha value is -3.12. The second kappa shape index (κ2) is 9.71. The molecular weight excluding hydrogens is 352 g/mol. The van der Waals surface area contributed by atoms with E-state index in [1.807, 2.05) is 72.5 Å². The van der Waals surface area contributed by atoms with Crippen molar-refractivity contribution in [1.29, 1.82) is 0 Å².